The van der Waals surface area contributed by atoms with Crippen LogP contribution in [0.15, 0.2) is 51.5 Å². The van der Waals surface area contributed by atoms with Gasteiger partial charge in [0.2, 0.25) is 0 Å². The Kier molecular flexibility index (Phi) is 7.02. The van der Waals surface area contributed by atoms with Crippen LogP contribution in [0.5, 0.6) is 11.5 Å². The summed E-state index contributed by atoms with van der Waals surface area (Å²) in [7, 11) is 1.43. The van der Waals surface area contributed by atoms with Crippen LogP contribution in [0.2, 0.25) is 0 Å². The number of amides is 1. The average molecular weight is 476 g/mol. The molecule has 0 atom stereocenters. The van der Waals surface area contributed by atoms with Crippen molar-refractivity contribution in [1.82, 2.24) is 10.1 Å². The van der Waals surface area contributed by atoms with Gasteiger partial charge in [0.25, 0.3) is 11.8 Å². The van der Waals surface area contributed by atoms with Crippen molar-refractivity contribution in [2.45, 2.75) is 13.5 Å². The van der Waals surface area contributed by atoms with E-state index in [0.717, 1.165) is 4.47 Å². The second kappa shape index (κ2) is 9.88. The number of hydrogen-bond donors (Lipinski definition) is 1. The number of benzene rings is 2. The molecule has 0 aliphatic rings. The summed E-state index contributed by atoms with van der Waals surface area (Å²) in [5.41, 5.74) is 0.892. The lowest BCUT2D eigenvalue weighted by molar-refractivity contribution is -0.118. The Bertz CT molecular complexity index is 1040. The number of nitrogens with one attached hydrogen (secondary N) is 1. The predicted molar refractivity (Wildman–Crippen MR) is 109 cm³/mol. The fourth-order valence-electron chi connectivity index (χ4n) is 2.40. The number of hydrogen-bond acceptors (Lipinski definition) is 8. The Morgan fingerprint density at radius 2 is 1.90 bits per heavy atom. The van der Waals surface area contributed by atoms with Gasteiger partial charge in [0, 0.05) is 10.2 Å². The van der Waals surface area contributed by atoms with Crippen LogP contribution in [0.1, 0.15) is 22.1 Å². The summed E-state index contributed by atoms with van der Waals surface area (Å²) in [6.07, 6.45) is 0. The van der Waals surface area contributed by atoms with E-state index in [2.05, 4.69) is 31.4 Å². The second-order valence-corrected chi connectivity index (χ2v) is 6.94. The molecule has 0 aliphatic carbocycles. The summed E-state index contributed by atoms with van der Waals surface area (Å²) >= 11 is 3.33. The van der Waals surface area contributed by atoms with E-state index in [4.69, 9.17) is 18.7 Å². The van der Waals surface area contributed by atoms with Gasteiger partial charge in [-0.25, -0.2) is 4.79 Å². The number of halogens is 1. The molecule has 156 valence electrons. The zero-order valence-corrected chi connectivity index (χ0v) is 17.8. The first-order valence-electron chi connectivity index (χ1n) is 8.77. The number of nitrogens with zero attached hydrogens (tertiary/aromatic N) is 2. The first-order valence-corrected chi connectivity index (χ1v) is 9.56. The standard InChI is InChI=1S/C20H18BrN3O6/c1-12-22-19(30-24-12)11-29-20(26)13-3-8-16(17(9-13)27-2)28-10-18(25)23-15-6-4-14(21)5-7-15/h3-9H,10-11H2,1-2H3,(H,23,25). The molecule has 0 aliphatic heterocycles. The minimum absolute atomic E-state index is 0.142. The lowest BCUT2D eigenvalue weighted by Crippen LogP contribution is -2.20. The van der Waals surface area contributed by atoms with E-state index in [1.54, 1.807) is 19.1 Å². The Balaban J connectivity index is 1.57. The normalized spacial score (nSPS) is 10.4. The van der Waals surface area contributed by atoms with E-state index in [9.17, 15) is 9.59 Å². The minimum atomic E-state index is -0.594. The third kappa shape index (κ3) is 5.80. The van der Waals surface area contributed by atoms with Gasteiger partial charge in [0.15, 0.2) is 30.5 Å². The molecule has 1 heterocycles. The molecule has 1 N–H and O–H groups in total. The van der Waals surface area contributed by atoms with Gasteiger partial charge in [-0.05, 0) is 49.4 Å². The summed E-state index contributed by atoms with van der Waals surface area (Å²) in [4.78, 5) is 28.3. The van der Waals surface area contributed by atoms with Crippen molar-refractivity contribution in [1.29, 1.82) is 0 Å². The first-order chi connectivity index (χ1) is 14.4. The zero-order chi connectivity index (χ0) is 21.5. The largest absolute Gasteiger partial charge is 0.493 e. The van der Waals surface area contributed by atoms with Gasteiger partial charge in [0.1, 0.15) is 0 Å². The first kappa shape index (κ1) is 21.3. The number of ether oxygens (including phenoxy) is 3. The van der Waals surface area contributed by atoms with E-state index < -0.39 is 5.97 Å². The minimum Gasteiger partial charge on any atom is -0.493 e. The molecular formula is C20H18BrN3O6. The average Bonchev–Trinajstić information content (AvgIpc) is 3.17. The van der Waals surface area contributed by atoms with Crippen molar-refractivity contribution in [2.75, 3.05) is 19.0 Å². The van der Waals surface area contributed by atoms with Crippen molar-refractivity contribution >= 4 is 33.5 Å². The van der Waals surface area contributed by atoms with Crippen molar-refractivity contribution < 1.29 is 28.3 Å². The van der Waals surface area contributed by atoms with Gasteiger partial charge in [-0.2, -0.15) is 4.98 Å². The maximum atomic E-state index is 12.2. The molecule has 3 rings (SSSR count). The second-order valence-electron chi connectivity index (χ2n) is 6.02. The maximum Gasteiger partial charge on any atom is 0.338 e. The Morgan fingerprint density at radius 1 is 1.13 bits per heavy atom. The third-order valence-corrected chi connectivity index (χ3v) is 4.31. The maximum absolute atomic E-state index is 12.2. The monoisotopic (exact) mass is 475 g/mol. The molecule has 0 radical (unpaired) electrons. The number of esters is 1. The van der Waals surface area contributed by atoms with E-state index >= 15 is 0 Å². The smallest absolute Gasteiger partial charge is 0.338 e. The van der Waals surface area contributed by atoms with Crippen LogP contribution >= 0.6 is 15.9 Å². The van der Waals surface area contributed by atoms with E-state index in [1.165, 1.54) is 25.3 Å². The van der Waals surface area contributed by atoms with Gasteiger partial charge in [-0.3, -0.25) is 4.79 Å². The fourth-order valence-corrected chi connectivity index (χ4v) is 2.66. The molecule has 0 saturated carbocycles. The Morgan fingerprint density at radius 3 is 2.57 bits per heavy atom. The van der Waals surface area contributed by atoms with Gasteiger partial charge in [-0.15, -0.1) is 0 Å². The SMILES string of the molecule is COc1cc(C(=O)OCc2nc(C)no2)ccc1OCC(=O)Nc1ccc(Br)cc1. The van der Waals surface area contributed by atoms with Gasteiger partial charge in [0.05, 0.1) is 12.7 Å². The summed E-state index contributed by atoms with van der Waals surface area (Å²) in [6, 6.07) is 11.7. The molecule has 0 saturated heterocycles. The molecule has 0 fully saturated rings. The number of methoxy groups -OCH3 is 1. The van der Waals surface area contributed by atoms with Gasteiger partial charge in [-0.1, -0.05) is 21.1 Å². The lowest BCUT2D eigenvalue weighted by Gasteiger charge is -2.12. The highest BCUT2D eigenvalue weighted by atomic mass is 79.9. The van der Waals surface area contributed by atoms with Crippen LogP contribution in [0.4, 0.5) is 5.69 Å². The molecule has 1 amide bonds. The molecule has 10 heteroatoms. The quantitative estimate of drug-likeness (QED) is 0.492. The summed E-state index contributed by atoms with van der Waals surface area (Å²) in [5, 5.41) is 6.34. The molecular weight excluding hydrogens is 458 g/mol. The van der Waals surface area contributed by atoms with Crippen LogP contribution in [-0.4, -0.2) is 35.7 Å². The van der Waals surface area contributed by atoms with Crippen molar-refractivity contribution in [3.8, 4) is 11.5 Å². The van der Waals surface area contributed by atoms with Crippen LogP contribution in [0.3, 0.4) is 0 Å². The highest BCUT2D eigenvalue weighted by molar-refractivity contribution is 9.10. The van der Waals surface area contributed by atoms with Crippen molar-refractivity contribution in [3.05, 3.63) is 64.2 Å². The van der Waals surface area contributed by atoms with E-state index in [1.807, 2.05) is 12.1 Å². The number of rotatable bonds is 8. The fraction of sp³-hybridized carbons (Fsp3) is 0.200. The molecule has 3 aromatic rings. The summed E-state index contributed by atoms with van der Waals surface area (Å²) in [6.45, 7) is 1.29. The summed E-state index contributed by atoms with van der Waals surface area (Å²) in [5.74, 6) is 0.321. The molecule has 0 spiro atoms. The molecule has 9 nitrogen and oxygen atoms in total. The van der Waals surface area contributed by atoms with Crippen LogP contribution < -0.4 is 14.8 Å². The molecule has 1 aromatic heterocycles. The van der Waals surface area contributed by atoms with Crippen molar-refractivity contribution in [2.24, 2.45) is 0 Å². The van der Waals surface area contributed by atoms with E-state index in [-0.39, 0.29) is 36.3 Å². The topological polar surface area (TPSA) is 113 Å². The molecule has 0 bridgehead atoms. The van der Waals surface area contributed by atoms with Gasteiger partial charge < -0.3 is 24.1 Å². The number of carbonyl (C=O) groups excluding carboxylic acids is 2. The number of aryl methyl sites for hydroxylation is 1. The summed E-state index contributed by atoms with van der Waals surface area (Å²) < 4.78 is 21.7. The highest BCUT2D eigenvalue weighted by Gasteiger charge is 2.15. The number of carbonyl (C=O) groups is 2. The lowest BCUT2D eigenvalue weighted by atomic mass is 10.2. The van der Waals surface area contributed by atoms with Gasteiger partial charge >= 0.3 is 5.97 Å². The molecule has 2 aromatic carbocycles. The Hall–Kier alpha value is -3.40. The molecule has 0 unspecified atom stereocenters. The number of anilines is 1. The predicted octanol–water partition coefficient (Wildman–Crippen LogP) is 3.52. The van der Waals surface area contributed by atoms with Crippen LogP contribution in [-0.2, 0) is 16.1 Å². The van der Waals surface area contributed by atoms with Crippen LogP contribution in [0, 0.1) is 6.92 Å². The third-order valence-electron chi connectivity index (χ3n) is 3.78. The molecule has 30 heavy (non-hydrogen) atoms. The van der Waals surface area contributed by atoms with Crippen LogP contribution in [0.25, 0.3) is 0 Å². The number of aromatic nitrogens is 2. The highest BCUT2D eigenvalue weighted by Crippen LogP contribution is 2.28. The Labute approximate surface area is 180 Å². The van der Waals surface area contributed by atoms with Crippen molar-refractivity contribution in [3.63, 3.8) is 0 Å². The van der Waals surface area contributed by atoms with E-state index in [0.29, 0.717) is 17.3 Å². The zero-order valence-electron chi connectivity index (χ0n) is 16.2.